The van der Waals surface area contributed by atoms with E-state index >= 15 is 0 Å². The van der Waals surface area contributed by atoms with Gasteiger partial charge in [0.05, 0.1) is 23.4 Å². The standard InChI is InChI=1S/C17H21NO2S/c1-3-5-11-18-15(14-9-7-6-8-10-14)13-21-16(18)12-17(19)20-4-2/h6-10,12-13H,3-5,11H2,1-2H3. The summed E-state index contributed by atoms with van der Waals surface area (Å²) < 4.78 is 5.02. The lowest BCUT2D eigenvalue weighted by molar-refractivity contribution is -0.137. The summed E-state index contributed by atoms with van der Waals surface area (Å²) in [6, 6.07) is 10.3. The smallest absolute Gasteiger partial charge is 0.333 e. The predicted octanol–water partition coefficient (Wildman–Crippen LogP) is 4.24. The van der Waals surface area contributed by atoms with Gasteiger partial charge in [-0.2, -0.15) is 0 Å². The molecule has 1 aliphatic rings. The van der Waals surface area contributed by atoms with E-state index in [9.17, 15) is 4.79 Å². The van der Waals surface area contributed by atoms with Gasteiger partial charge in [0.2, 0.25) is 0 Å². The first-order chi connectivity index (χ1) is 10.3. The molecule has 0 amide bonds. The monoisotopic (exact) mass is 303 g/mol. The van der Waals surface area contributed by atoms with Gasteiger partial charge in [0.25, 0.3) is 0 Å². The van der Waals surface area contributed by atoms with Crippen LogP contribution in [0.2, 0.25) is 0 Å². The number of esters is 1. The highest BCUT2D eigenvalue weighted by molar-refractivity contribution is 8.06. The van der Waals surface area contributed by atoms with Gasteiger partial charge in [-0.3, -0.25) is 0 Å². The molecule has 0 spiro atoms. The summed E-state index contributed by atoms with van der Waals surface area (Å²) >= 11 is 1.58. The summed E-state index contributed by atoms with van der Waals surface area (Å²) in [7, 11) is 0. The minimum absolute atomic E-state index is 0.274. The van der Waals surface area contributed by atoms with E-state index in [2.05, 4.69) is 29.4 Å². The van der Waals surface area contributed by atoms with Crippen LogP contribution in [0.15, 0.2) is 46.8 Å². The fourth-order valence-corrected chi connectivity index (χ4v) is 3.12. The van der Waals surface area contributed by atoms with Crippen LogP contribution < -0.4 is 0 Å². The van der Waals surface area contributed by atoms with E-state index < -0.39 is 0 Å². The molecule has 0 saturated carbocycles. The van der Waals surface area contributed by atoms with Gasteiger partial charge in [0.15, 0.2) is 0 Å². The van der Waals surface area contributed by atoms with Crippen molar-refractivity contribution in [1.29, 1.82) is 0 Å². The van der Waals surface area contributed by atoms with Gasteiger partial charge < -0.3 is 9.64 Å². The molecule has 3 nitrogen and oxygen atoms in total. The molecule has 1 aliphatic heterocycles. The number of thioether (sulfide) groups is 1. The molecule has 1 aromatic rings. The lowest BCUT2D eigenvalue weighted by Gasteiger charge is -2.23. The number of ether oxygens (including phenoxy) is 1. The maximum atomic E-state index is 11.7. The molecule has 0 bridgehead atoms. The van der Waals surface area contributed by atoms with Gasteiger partial charge in [-0.1, -0.05) is 55.4 Å². The largest absolute Gasteiger partial charge is 0.463 e. The highest BCUT2D eigenvalue weighted by atomic mass is 32.2. The third-order valence-corrected chi connectivity index (χ3v) is 4.10. The first-order valence-corrected chi connectivity index (χ1v) is 8.22. The molecule has 0 radical (unpaired) electrons. The second kappa shape index (κ2) is 7.93. The summed E-state index contributed by atoms with van der Waals surface area (Å²) in [6.07, 6.45) is 3.80. The summed E-state index contributed by atoms with van der Waals surface area (Å²) in [6.45, 7) is 5.31. The SMILES string of the molecule is CCCCN1C(=CC(=O)OCC)SC=C1c1ccccc1. The maximum absolute atomic E-state index is 11.7. The number of nitrogens with zero attached hydrogens (tertiary/aromatic N) is 1. The second-order valence-corrected chi connectivity index (χ2v) is 5.62. The van der Waals surface area contributed by atoms with Crippen molar-refractivity contribution in [1.82, 2.24) is 4.90 Å². The third-order valence-electron chi connectivity index (χ3n) is 3.18. The van der Waals surface area contributed by atoms with Crippen molar-refractivity contribution in [2.45, 2.75) is 26.7 Å². The first kappa shape index (κ1) is 15.7. The number of carbonyl (C=O) groups excluding carboxylic acids is 1. The Morgan fingerprint density at radius 1 is 1.29 bits per heavy atom. The van der Waals surface area contributed by atoms with Crippen LogP contribution in [0.5, 0.6) is 0 Å². The van der Waals surface area contributed by atoms with Crippen molar-refractivity contribution in [3.8, 4) is 0 Å². The van der Waals surface area contributed by atoms with Gasteiger partial charge >= 0.3 is 5.97 Å². The zero-order valence-electron chi connectivity index (χ0n) is 12.5. The lowest BCUT2D eigenvalue weighted by Crippen LogP contribution is -2.19. The molecule has 21 heavy (non-hydrogen) atoms. The van der Waals surface area contributed by atoms with Gasteiger partial charge in [0.1, 0.15) is 0 Å². The molecule has 4 heteroatoms. The number of unbranched alkanes of at least 4 members (excludes halogenated alkanes) is 1. The molecule has 0 saturated heterocycles. The Hall–Kier alpha value is -1.68. The fourth-order valence-electron chi connectivity index (χ4n) is 2.14. The van der Waals surface area contributed by atoms with E-state index in [0.29, 0.717) is 6.61 Å². The minimum Gasteiger partial charge on any atom is -0.463 e. The van der Waals surface area contributed by atoms with Crippen molar-refractivity contribution < 1.29 is 9.53 Å². The normalized spacial score (nSPS) is 16.2. The van der Waals surface area contributed by atoms with Crippen LogP contribution in [0.1, 0.15) is 32.3 Å². The molecule has 1 heterocycles. The van der Waals surface area contributed by atoms with E-state index in [0.717, 1.165) is 30.1 Å². The molecule has 0 unspecified atom stereocenters. The quantitative estimate of drug-likeness (QED) is 0.581. The minimum atomic E-state index is -0.274. The van der Waals surface area contributed by atoms with Crippen LogP contribution in [-0.4, -0.2) is 24.0 Å². The number of carbonyl (C=O) groups is 1. The molecule has 0 N–H and O–H groups in total. The van der Waals surface area contributed by atoms with E-state index in [4.69, 9.17) is 4.74 Å². The summed E-state index contributed by atoms with van der Waals surface area (Å²) in [5, 5.41) is 3.05. The highest BCUT2D eigenvalue weighted by Gasteiger charge is 2.23. The molecular weight excluding hydrogens is 282 g/mol. The van der Waals surface area contributed by atoms with Crippen LogP contribution in [0.4, 0.5) is 0 Å². The molecule has 0 aliphatic carbocycles. The Bertz CT molecular complexity index is 537. The topological polar surface area (TPSA) is 29.5 Å². The van der Waals surface area contributed by atoms with Gasteiger partial charge in [-0.15, -0.1) is 0 Å². The maximum Gasteiger partial charge on any atom is 0.333 e. The Kier molecular flexibility index (Phi) is 5.93. The third kappa shape index (κ3) is 4.14. The molecule has 2 rings (SSSR count). The predicted molar refractivity (Wildman–Crippen MR) is 88.3 cm³/mol. The first-order valence-electron chi connectivity index (χ1n) is 7.34. The van der Waals surface area contributed by atoms with Crippen molar-refractivity contribution in [2.24, 2.45) is 0 Å². The van der Waals surface area contributed by atoms with Crippen molar-refractivity contribution in [2.75, 3.05) is 13.2 Å². The molecule has 112 valence electrons. The molecular formula is C17H21NO2S. The lowest BCUT2D eigenvalue weighted by atomic mass is 10.1. The Morgan fingerprint density at radius 3 is 2.71 bits per heavy atom. The Morgan fingerprint density at radius 2 is 2.05 bits per heavy atom. The Balaban J connectivity index is 2.20. The van der Waals surface area contributed by atoms with Crippen LogP contribution in [-0.2, 0) is 9.53 Å². The number of hydrogen-bond donors (Lipinski definition) is 0. The van der Waals surface area contributed by atoms with Crippen LogP contribution in [0.25, 0.3) is 5.70 Å². The summed E-state index contributed by atoms with van der Waals surface area (Å²) in [5.74, 6) is -0.274. The summed E-state index contributed by atoms with van der Waals surface area (Å²) in [4.78, 5) is 13.9. The number of hydrogen-bond acceptors (Lipinski definition) is 4. The second-order valence-electron chi connectivity index (χ2n) is 4.73. The van der Waals surface area contributed by atoms with E-state index in [1.165, 1.54) is 5.56 Å². The van der Waals surface area contributed by atoms with E-state index in [1.807, 2.05) is 25.1 Å². The fraction of sp³-hybridized carbons (Fsp3) is 0.353. The van der Waals surface area contributed by atoms with Crippen LogP contribution in [0, 0.1) is 0 Å². The van der Waals surface area contributed by atoms with E-state index in [-0.39, 0.29) is 5.97 Å². The average molecular weight is 303 g/mol. The molecule has 0 fully saturated rings. The zero-order chi connectivity index (χ0) is 15.1. The van der Waals surface area contributed by atoms with Crippen molar-refractivity contribution >= 4 is 23.4 Å². The van der Waals surface area contributed by atoms with Gasteiger partial charge in [0, 0.05) is 12.0 Å². The van der Waals surface area contributed by atoms with Crippen LogP contribution in [0.3, 0.4) is 0 Å². The van der Waals surface area contributed by atoms with Gasteiger partial charge in [-0.05, 0) is 18.9 Å². The molecule has 1 aromatic carbocycles. The number of benzene rings is 1. The van der Waals surface area contributed by atoms with Crippen LogP contribution >= 0.6 is 11.8 Å². The molecule has 0 atom stereocenters. The van der Waals surface area contributed by atoms with E-state index in [1.54, 1.807) is 17.8 Å². The Labute approximate surface area is 130 Å². The van der Waals surface area contributed by atoms with Gasteiger partial charge in [-0.25, -0.2) is 4.79 Å². The van der Waals surface area contributed by atoms with Crippen molar-refractivity contribution in [3.63, 3.8) is 0 Å². The average Bonchev–Trinajstić information content (AvgIpc) is 2.89. The number of rotatable bonds is 6. The highest BCUT2D eigenvalue weighted by Crippen LogP contribution is 2.39. The summed E-state index contributed by atoms with van der Waals surface area (Å²) in [5.41, 5.74) is 2.33. The molecule has 0 aromatic heterocycles. The zero-order valence-corrected chi connectivity index (χ0v) is 13.4. The van der Waals surface area contributed by atoms with Crippen molar-refractivity contribution in [3.05, 3.63) is 52.4 Å².